The van der Waals surface area contributed by atoms with E-state index in [-0.39, 0.29) is 6.10 Å². The first-order chi connectivity index (χ1) is 7.26. The van der Waals surface area contributed by atoms with Gasteiger partial charge in [-0.05, 0) is 12.3 Å². The molecule has 90 valence electrons. The van der Waals surface area contributed by atoms with Crippen LogP contribution in [0.4, 0.5) is 0 Å². The van der Waals surface area contributed by atoms with E-state index in [4.69, 9.17) is 4.74 Å². The summed E-state index contributed by atoms with van der Waals surface area (Å²) >= 11 is 0. The average molecular weight is 212 g/mol. The van der Waals surface area contributed by atoms with Crippen molar-refractivity contribution in [3.63, 3.8) is 0 Å². The van der Waals surface area contributed by atoms with Crippen molar-refractivity contribution in [1.29, 1.82) is 0 Å². The van der Waals surface area contributed by atoms with Crippen LogP contribution in [0.1, 0.15) is 58.8 Å². The maximum absolute atomic E-state index is 5.34. The highest BCUT2D eigenvalue weighted by atomic mass is 16.5. The highest BCUT2D eigenvalue weighted by molar-refractivity contribution is 4.83. The molecule has 0 saturated heterocycles. The van der Waals surface area contributed by atoms with Gasteiger partial charge in [-0.2, -0.15) is 0 Å². The van der Waals surface area contributed by atoms with Crippen molar-refractivity contribution in [2.75, 3.05) is 7.11 Å². The predicted molar refractivity (Wildman–Crippen MR) is 68.2 cm³/mol. The molecule has 0 radical (unpaired) electrons. The zero-order valence-corrected chi connectivity index (χ0v) is 10.8. The summed E-state index contributed by atoms with van der Waals surface area (Å²) in [5.74, 6) is 0.610. The van der Waals surface area contributed by atoms with E-state index < -0.39 is 0 Å². The van der Waals surface area contributed by atoms with Gasteiger partial charge in [0.05, 0.1) is 6.10 Å². The number of hydrogen-bond acceptors (Lipinski definition) is 1. The molecular formula is C14H28O. The molecule has 2 atom stereocenters. The van der Waals surface area contributed by atoms with Gasteiger partial charge in [-0.1, -0.05) is 58.4 Å². The van der Waals surface area contributed by atoms with Gasteiger partial charge in [0.2, 0.25) is 0 Å². The van der Waals surface area contributed by atoms with Crippen molar-refractivity contribution in [2.45, 2.75) is 64.9 Å². The van der Waals surface area contributed by atoms with Crippen LogP contribution in [0.3, 0.4) is 0 Å². The first-order valence-electron chi connectivity index (χ1n) is 6.41. The summed E-state index contributed by atoms with van der Waals surface area (Å²) < 4.78 is 5.34. The van der Waals surface area contributed by atoms with E-state index in [1.807, 2.05) is 6.08 Å². The lowest BCUT2D eigenvalue weighted by molar-refractivity contribution is 0.0920. The highest BCUT2D eigenvalue weighted by Crippen LogP contribution is 2.17. The number of unbranched alkanes of at least 4 members (excludes halogenated alkanes) is 5. The Morgan fingerprint density at radius 2 is 1.73 bits per heavy atom. The van der Waals surface area contributed by atoms with E-state index in [1.165, 1.54) is 44.9 Å². The number of hydrogen-bond donors (Lipinski definition) is 0. The minimum Gasteiger partial charge on any atom is -0.377 e. The van der Waals surface area contributed by atoms with E-state index in [1.54, 1.807) is 7.11 Å². The fourth-order valence-electron chi connectivity index (χ4n) is 1.97. The van der Waals surface area contributed by atoms with Gasteiger partial charge in [-0.15, -0.1) is 6.58 Å². The van der Waals surface area contributed by atoms with Crippen LogP contribution in [0, 0.1) is 5.92 Å². The molecule has 0 rings (SSSR count). The molecule has 0 aliphatic heterocycles. The van der Waals surface area contributed by atoms with Crippen molar-refractivity contribution < 1.29 is 4.74 Å². The lowest BCUT2D eigenvalue weighted by atomic mass is 9.97. The standard InChI is InChI=1S/C14H28O/c1-5-7-8-9-10-11-12-13(3)14(6-2)15-4/h6,13-14H,2,5,7-12H2,1,3-4H3. The van der Waals surface area contributed by atoms with E-state index >= 15 is 0 Å². The molecule has 0 aromatic carbocycles. The van der Waals surface area contributed by atoms with E-state index in [0.29, 0.717) is 5.92 Å². The Labute approximate surface area is 95.9 Å². The fourth-order valence-corrected chi connectivity index (χ4v) is 1.97. The second kappa shape index (κ2) is 10.2. The zero-order valence-electron chi connectivity index (χ0n) is 10.8. The normalized spacial score (nSPS) is 14.9. The van der Waals surface area contributed by atoms with Crippen LogP contribution < -0.4 is 0 Å². The van der Waals surface area contributed by atoms with Gasteiger partial charge in [0.1, 0.15) is 0 Å². The van der Waals surface area contributed by atoms with Crippen LogP contribution in [0.5, 0.6) is 0 Å². The van der Waals surface area contributed by atoms with Gasteiger partial charge >= 0.3 is 0 Å². The summed E-state index contributed by atoms with van der Waals surface area (Å²) in [5, 5.41) is 0. The first-order valence-corrected chi connectivity index (χ1v) is 6.41. The molecule has 1 nitrogen and oxygen atoms in total. The van der Waals surface area contributed by atoms with Crippen LogP contribution in [0.25, 0.3) is 0 Å². The summed E-state index contributed by atoms with van der Waals surface area (Å²) in [4.78, 5) is 0. The molecule has 0 saturated carbocycles. The van der Waals surface area contributed by atoms with Gasteiger partial charge in [0, 0.05) is 7.11 Å². The Morgan fingerprint density at radius 3 is 2.27 bits per heavy atom. The van der Waals surface area contributed by atoms with Crippen LogP contribution in [0.2, 0.25) is 0 Å². The molecule has 0 N–H and O–H groups in total. The molecule has 1 heteroatoms. The largest absolute Gasteiger partial charge is 0.377 e. The molecule has 0 amide bonds. The predicted octanol–water partition coefficient (Wildman–Crippen LogP) is 4.57. The van der Waals surface area contributed by atoms with Crippen molar-refractivity contribution in [3.05, 3.63) is 12.7 Å². The number of ether oxygens (including phenoxy) is 1. The van der Waals surface area contributed by atoms with Crippen LogP contribution in [-0.2, 0) is 4.74 Å². The van der Waals surface area contributed by atoms with Crippen LogP contribution in [0.15, 0.2) is 12.7 Å². The number of rotatable bonds is 10. The van der Waals surface area contributed by atoms with E-state index in [0.717, 1.165) is 0 Å². The Hall–Kier alpha value is -0.300. The summed E-state index contributed by atoms with van der Waals surface area (Å²) in [6, 6.07) is 0. The van der Waals surface area contributed by atoms with Gasteiger partial charge in [0.25, 0.3) is 0 Å². The zero-order chi connectivity index (χ0) is 11.5. The molecular weight excluding hydrogens is 184 g/mol. The SMILES string of the molecule is C=CC(OC)C(C)CCCCCCCC. The Morgan fingerprint density at radius 1 is 1.13 bits per heavy atom. The van der Waals surface area contributed by atoms with Gasteiger partial charge < -0.3 is 4.74 Å². The molecule has 0 heterocycles. The maximum Gasteiger partial charge on any atom is 0.0774 e. The van der Waals surface area contributed by atoms with Gasteiger partial charge in [0.15, 0.2) is 0 Å². The molecule has 0 fully saturated rings. The molecule has 2 unspecified atom stereocenters. The van der Waals surface area contributed by atoms with Crippen molar-refractivity contribution in [2.24, 2.45) is 5.92 Å². The number of methoxy groups -OCH3 is 1. The second-order valence-corrected chi connectivity index (χ2v) is 4.47. The van der Waals surface area contributed by atoms with Crippen molar-refractivity contribution in [3.8, 4) is 0 Å². The van der Waals surface area contributed by atoms with E-state index in [9.17, 15) is 0 Å². The third kappa shape index (κ3) is 7.61. The van der Waals surface area contributed by atoms with Crippen LogP contribution >= 0.6 is 0 Å². The third-order valence-electron chi connectivity index (χ3n) is 3.08. The Kier molecular flexibility index (Phi) is 10.0. The van der Waals surface area contributed by atoms with E-state index in [2.05, 4.69) is 20.4 Å². The molecule has 15 heavy (non-hydrogen) atoms. The smallest absolute Gasteiger partial charge is 0.0774 e. The van der Waals surface area contributed by atoms with Gasteiger partial charge in [-0.3, -0.25) is 0 Å². The Balaban J connectivity index is 3.37. The summed E-state index contributed by atoms with van der Waals surface area (Å²) in [7, 11) is 1.77. The van der Waals surface area contributed by atoms with Crippen molar-refractivity contribution in [1.82, 2.24) is 0 Å². The topological polar surface area (TPSA) is 9.23 Å². The molecule has 0 aliphatic rings. The summed E-state index contributed by atoms with van der Waals surface area (Å²) in [6.45, 7) is 8.31. The second-order valence-electron chi connectivity index (χ2n) is 4.47. The molecule has 0 aromatic heterocycles. The first kappa shape index (κ1) is 14.7. The lowest BCUT2D eigenvalue weighted by Crippen LogP contribution is -2.17. The Bertz CT molecular complexity index is 142. The average Bonchev–Trinajstić information content (AvgIpc) is 2.25. The maximum atomic E-state index is 5.34. The lowest BCUT2D eigenvalue weighted by Gasteiger charge is -2.18. The quantitative estimate of drug-likeness (QED) is 0.380. The summed E-state index contributed by atoms with van der Waals surface area (Å²) in [5.41, 5.74) is 0. The molecule has 0 spiro atoms. The highest BCUT2D eigenvalue weighted by Gasteiger charge is 2.11. The van der Waals surface area contributed by atoms with Gasteiger partial charge in [-0.25, -0.2) is 0 Å². The third-order valence-corrected chi connectivity index (χ3v) is 3.08. The molecule has 0 bridgehead atoms. The minimum absolute atomic E-state index is 0.237. The minimum atomic E-state index is 0.237. The molecule has 0 aromatic rings. The monoisotopic (exact) mass is 212 g/mol. The molecule has 0 aliphatic carbocycles. The van der Waals surface area contributed by atoms with Crippen molar-refractivity contribution >= 4 is 0 Å². The fraction of sp³-hybridized carbons (Fsp3) is 0.857. The van der Waals surface area contributed by atoms with Crippen LogP contribution in [-0.4, -0.2) is 13.2 Å². The summed E-state index contributed by atoms with van der Waals surface area (Å²) in [6.07, 6.45) is 11.6.